The number of halogens is 2. The second-order valence-corrected chi connectivity index (χ2v) is 10.8. The van der Waals surface area contributed by atoms with E-state index in [1.165, 1.54) is 12.1 Å². The topological polar surface area (TPSA) is 138 Å². The lowest BCUT2D eigenvalue weighted by atomic mass is 10.0. The zero-order chi connectivity index (χ0) is 27.7. The summed E-state index contributed by atoms with van der Waals surface area (Å²) in [7, 11) is 0. The van der Waals surface area contributed by atoms with Crippen LogP contribution in [0.25, 0.3) is 10.9 Å². The van der Waals surface area contributed by atoms with Crippen molar-refractivity contribution in [1.29, 1.82) is 0 Å². The quantitative estimate of drug-likeness (QED) is 0.325. The third-order valence-electron chi connectivity index (χ3n) is 6.90. The first kappa shape index (κ1) is 27.1. The van der Waals surface area contributed by atoms with E-state index in [9.17, 15) is 24.5 Å². The van der Waals surface area contributed by atoms with Crippen LogP contribution in [0.15, 0.2) is 45.7 Å². The summed E-state index contributed by atoms with van der Waals surface area (Å²) in [6.45, 7) is 2.26. The lowest BCUT2D eigenvalue weighted by Gasteiger charge is -2.34. The van der Waals surface area contributed by atoms with Gasteiger partial charge in [0.15, 0.2) is 0 Å². The third kappa shape index (κ3) is 5.77. The number of anilines is 1. The highest BCUT2D eigenvalue weighted by Crippen LogP contribution is 2.35. The fourth-order valence-electron chi connectivity index (χ4n) is 5.06. The highest BCUT2D eigenvalue weighted by atomic mass is 79.9. The van der Waals surface area contributed by atoms with E-state index >= 15 is 0 Å². The van der Waals surface area contributed by atoms with Crippen molar-refractivity contribution in [3.8, 4) is 0 Å². The number of nitro benzene ring substituents is 1. The van der Waals surface area contributed by atoms with E-state index in [0.717, 1.165) is 0 Å². The average molecular weight is 619 g/mol. The minimum Gasteiger partial charge on any atom is -0.378 e. The van der Waals surface area contributed by atoms with Gasteiger partial charge in [-0.15, -0.1) is 0 Å². The Labute approximate surface area is 236 Å². The highest BCUT2D eigenvalue weighted by molar-refractivity contribution is 9.10. The number of piperidine rings is 1. The molecule has 3 heterocycles. The SMILES string of the molecule is O=C(c1cc(Br)cc([N+](=O)[O-])c1N[C@@H]1CCCN(C(=O)c2cc(=O)[nH]c3cc(Cl)ccc23)C1)N1CCOCC1. The maximum Gasteiger partial charge on any atom is 0.294 e. The lowest BCUT2D eigenvalue weighted by Crippen LogP contribution is -2.46. The normalized spacial score (nSPS) is 17.7. The monoisotopic (exact) mass is 617 g/mol. The number of benzene rings is 2. The molecule has 1 aromatic heterocycles. The molecule has 2 fully saturated rings. The molecule has 0 aliphatic carbocycles. The number of likely N-dealkylation sites (tertiary alicyclic amines) is 1. The van der Waals surface area contributed by atoms with Gasteiger partial charge in [-0.3, -0.25) is 24.5 Å². The number of rotatable bonds is 5. The molecular formula is C26H25BrClN5O6. The Kier molecular flexibility index (Phi) is 7.87. The summed E-state index contributed by atoms with van der Waals surface area (Å²) in [4.78, 5) is 56.7. The van der Waals surface area contributed by atoms with Gasteiger partial charge in [0.05, 0.1) is 34.8 Å². The van der Waals surface area contributed by atoms with E-state index < -0.39 is 10.5 Å². The van der Waals surface area contributed by atoms with E-state index in [2.05, 4.69) is 26.2 Å². The first-order chi connectivity index (χ1) is 18.7. The standard InChI is InChI=1S/C26H25BrClN5O6/c27-15-10-20(26(36)31-6-8-39-9-7-31)24(22(11-15)33(37)38)29-17-2-1-5-32(14-17)25(35)19-13-23(34)30-21-12-16(28)3-4-18(19)21/h3-4,10-13,17,29H,1-2,5-9,14H2,(H,30,34)/t17-/m1/s1. The fourth-order valence-corrected chi connectivity index (χ4v) is 5.67. The van der Waals surface area contributed by atoms with Crippen LogP contribution in [0.3, 0.4) is 0 Å². The van der Waals surface area contributed by atoms with Gasteiger partial charge in [0, 0.05) is 59.2 Å². The molecule has 0 spiro atoms. The number of fused-ring (bicyclic) bond motifs is 1. The van der Waals surface area contributed by atoms with Crippen molar-refractivity contribution >= 4 is 61.6 Å². The first-order valence-electron chi connectivity index (χ1n) is 12.4. The predicted octanol–water partition coefficient (Wildman–Crippen LogP) is 4.04. The second kappa shape index (κ2) is 11.3. The number of hydrogen-bond donors (Lipinski definition) is 2. The Balaban J connectivity index is 1.44. The van der Waals surface area contributed by atoms with E-state index in [0.29, 0.717) is 66.1 Å². The summed E-state index contributed by atoms with van der Waals surface area (Å²) in [5, 5.41) is 16.2. The molecular weight excluding hydrogens is 594 g/mol. The van der Waals surface area contributed by atoms with Gasteiger partial charge in [-0.1, -0.05) is 33.6 Å². The zero-order valence-electron chi connectivity index (χ0n) is 20.7. The summed E-state index contributed by atoms with van der Waals surface area (Å²) in [5.74, 6) is -0.655. The van der Waals surface area contributed by atoms with Crippen LogP contribution in [-0.4, -0.2) is 77.0 Å². The number of ether oxygens (including phenoxy) is 1. The van der Waals surface area contributed by atoms with Crippen molar-refractivity contribution in [2.24, 2.45) is 0 Å². The molecule has 0 radical (unpaired) electrons. The summed E-state index contributed by atoms with van der Waals surface area (Å²) >= 11 is 9.37. The molecule has 0 unspecified atom stereocenters. The number of nitrogens with zero attached hydrogens (tertiary/aromatic N) is 3. The number of morpholine rings is 1. The van der Waals surface area contributed by atoms with Gasteiger partial charge < -0.3 is 24.8 Å². The molecule has 39 heavy (non-hydrogen) atoms. The lowest BCUT2D eigenvalue weighted by molar-refractivity contribution is -0.384. The van der Waals surface area contributed by atoms with Crippen LogP contribution in [0.5, 0.6) is 0 Å². The molecule has 2 amide bonds. The van der Waals surface area contributed by atoms with Gasteiger partial charge in [-0.05, 0) is 31.0 Å². The van der Waals surface area contributed by atoms with Crippen LogP contribution in [0.4, 0.5) is 11.4 Å². The fraction of sp³-hybridized carbons (Fsp3) is 0.346. The van der Waals surface area contributed by atoms with Gasteiger partial charge >= 0.3 is 0 Å². The molecule has 0 saturated carbocycles. The Morgan fingerprint density at radius 2 is 1.82 bits per heavy atom. The van der Waals surface area contributed by atoms with E-state index in [4.69, 9.17) is 16.3 Å². The third-order valence-corrected chi connectivity index (χ3v) is 7.59. The number of carbonyl (C=O) groups excluding carboxylic acids is 2. The van der Waals surface area contributed by atoms with E-state index in [1.807, 2.05) is 0 Å². The summed E-state index contributed by atoms with van der Waals surface area (Å²) in [6, 6.07) is 8.78. The predicted molar refractivity (Wildman–Crippen MR) is 150 cm³/mol. The molecule has 2 aliphatic rings. The molecule has 2 aromatic carbocycles. The number of nitrogens with one attached hydrogen (secondary N) is 2. The number of nitro groups is 1. The molecule has 11 nitrogen and oxygen atoms in total. The first-order valence-corrected chi connectivity index (χ1v) is 13.6. The van der Waals surface area contributed by atoms with Crippen LogP contribution < -0.4 is 10.9 Å². The molecule has 3 aromatic rings. The van der Waals surface area contributed by atoms with Crippen LogP contribution in [-0.2, 0) is 4.74 Å². The number of hydrogen-bond acceptors (Lipinski definition) is 7. The number of aromatic amines is 1. The van der Waals surface area contributed by atoms with Crippen molar-refractivity contribution in [1.82, 2.24) is 14.8 Å². The van der Waals surface area contributed by atoms with Crippen molar-refractivity contribution < 1.29 is 19.2 Å². The molecule has 2 aliphatic heterocycles. The molecule has 2 N–H and O–H groups in total. The molecule has 1 atom stereocenters. The Hall–Kier alpha value is -3.48. The van der Waals surface area contributed by atoms with Gasteiger partial charge in [-0.2, -0.15) is 0 Å². The summed E-state index contributed by atoms with van der Waals surface area (Å²) in [5.41, 5.74) is 0.359. The van der Waals surface area contributed by atoms with Crippen LogP contribution in [0, 0.1) is 10.1 Å². The number of amides is 2. The molecule has 2 saturated heterocycles. The summed E-state index contributed by atoms with van der Waals surface area (Å²) < 4.78 is 5.76. The Bertz CT molecular complexity index is 1520. The average Bonchev–Trinajstić information content (AvgIpc) is 2.92. The van der Waals surface area contributed by atoms with Gasteiger partial charge in [0.2, 0.25) is 5.56 Å². The van der Waals surface area contributed by atoms with Crippen molar-refractivity contribution in [3.05, 3.63) is 77.5 Å². The number of aromatic nitrogens is 1. The van der Waals surface area contributed by atoms with Crippen LogP contribution >= 0.6 is 27.5 Å². The van der Waals surface area contributed by atoms with Crippen molar-refractivity contribution in [2.75, 3.05) is 44.7 Å². The second-order valence-electron chi connectivity index (χ2n) is 9.48. The molecule has 5 rings (SSSR count). The van der Waals surface area contributed by atoms with Crippen LogP contribution in [0.2, 0.25) is 5.02 Å². The van der Waals surface area contributed by atoms with E-state index in [-0.39, 0.29) is 46.9 Å². The molecule has 0 bridgehead atoms. The van der Waals surface area contributed by atoms with Crippen LogP contribution in [0.1, 0.15) is 33.6 Å². The van der Waals surface area contributed by atoms with Gasteiger partial charge in [0.1, 0.15) is 5.69 Å². The Morgan fingerprint density at radius 3 is 2.56 bits per heavy atom. The number of carbonyl (C=O) groups is 2. The Morgan fingerprint density at radius 1 is 1.08 bits per heavy atom. The summed E-state index contributed by atoms with van der Waals surface area (Å²) in [6.07, 6.45) is 1.27. The maximum absolute atomic E-state index is 13.6. The van der Waals surface area contributed by atoms with Crippen molar-refractivity contribution in [2.45, 2.75) is 18.9 Å². The largest absolute Gasteiger partial charge is 0.378 e. The molecule has 204 valence electrons. The number of pyridine rings is 1. The van der Waals surface area contributed by atoms with Crippen molar-refractivity contribution in [3.63, 3.8) is 0 Å². The minimum atomic E-state index is -0.525. The highest BCUT2D eigenvalue weighted by Gasteiger charge is 2.31. The van der Waals surface area contributed by atoms with E-state index in [1.54, 1.807) is 34.1 Å². The zero-order valence-corrected chi connectivity index (χ0v) is 23.1. The van der Waals surface area contributed by atoms with Gasteiger partial charge in [0.25, 0.3) is 17.5 Å². The smallest absolute Gasteiger partial charge is 0.294 e. The molecule has 13 heteroatoms. The maximum atomic E-state index is 13.6. The number of H-pyrrole nitrogens is 1. The van der Waals surface area contributed by atoms with Gasteiger partial charge in [-0.25, -0.2) is 0 Å². The minimum absolute atomic E-state index is 0.121.